The fraction of sp³-hybridized carbons (Fsp3) is 0.100. The Hall–Kier alpha value is -3.34. The van der Waals surface area contributed by atoms with E-state index in [1.807, 2.05) is 24.3 Å². The van der Waals surface area contributed by atoms with E-state index >= 15 is 0 Å². The molecule has 0 atom stereocenters. The van der Waals surface area contributed by atoms with Gasteiger partial charge in [0.25, 0.3) is 5.56 Å². The van der Waals surface area contributed by atoms with Gasteiger partial charge >= 0.3 is 0 Å². The number of para-hydroxylation sites is 1. The van der Waals surface area contributed by atoms with Gasteiger partial charge in [-0.1, -0.05) is 24.3 Å². The van der Waals surface area contributed by atoms with Crippen molar-refractivity contribution >= 4 is 22.8 Å². The number of hydrogen-bond acceptors (Lipinski definition) is 4. The first-order valence-electron chi connectivity index (χ1n) is 7.69. The third-order valence-electron chi connectivity index (χ3n) is 3.87. The van der Waals surface area contributed by atoms with Gasteiger partial charge in [0.1, 0.15) is 17.1 Å². The second-order valence-electron chi connectivity index (χ2n) is 5.38. The highest BCUT2D eigenvalue weighted by Gasteiger charge is 2.15. The fourth-order valence-electron chi connectivity index (χ4n) is 2.63. The molecular weight excluding hydrogens is 318 g/mol. The third-order valence-corrected chi connectivity index (χ3v) is 3.87. The van der Waals surface area contributed by atoms with Gasteiger partial charge < -0.3 is 14.5 Å². The van der Waals surface area contributed by atoms with Crippen LogP contribution in [0.15, 0.2) is 59.4 Å². The summed E-state index contributed by atoms with van der Waals surface area (Å²) in [5.74, 6) is 0.532. The van der Waals surface area contributed by atoms with E-state index in [-0.39, 0.29) is 11.3 Å². The van der Waals surface area contributed by atoms with Crippen molar-refractivity contribution < 1.29 is 14.3 Å². The molecule has 0 saturated heterocycles. The van der Waals surface area contributed by atoms with E-state index < -0.39 is 0 Å². The molecule has 3 aromatic rings. The number of hydrogen-bond donors (Lipinski definition) is 1. The summed E-state index contributed by atoms with van der Waals surface area (Å²) in [5.41, 5.74) is 1.22. The first kappa shape index (κ1) is 16.5. The quantitative estimate of drug-likeness (QED) is 0.573. The lowest BCUT2D eigenvalue weighted by molar-refractivity contribution is 0.104. The van der Waals surface area contributed by atoms with Gasteiger partial charge in [-0.25, -0.2) is 0 Å². The Balaban J connectivity index is 1.99. The Kier molecular flexibility index (Phi) is 4.66. The number of pyridine rings is 1. The predicted molar refractivity (Wildman–Crippen MR) is 97.5 cm³/mol. The van der Waals surface area contributed by atoms with Crippen LogP contribution in [0.2, 0.25) is 0 Å². The van der Waals surface area contributed by atoms with Crippen molar-refractivity contribution in [3.05, 3.63) is 76.1 Å². The molecular formula is C20H17NO4. The monoisotopic (exact) mass is 335 g/mol. The van der Waals surface area contributed by atoms with Crippen LogP contribution in [-0.4, -0.2) is 25.0 Å². The van der Waals surface area contributed by atoms with Gasteiger partial charge in [0.15, 0.2) is 5.78 Å². The van der Waals surface area contributed by atoms with Crippen molar-refractivity contribution in [3.8, 4) is 11.5 Å². The number of benzene rings is 2. The van der Waals surface area contributed by atoms with Crippen LogP contribution < -0.4 is 15.0 Å². The molecule has 0 amide bonds. The number of methoxy groups -OCH3 is 2. The molecule has 0 bridgehead atoms. The molecule has 0 saturated carbocycles. The minimum atomic E-state index is -0.304. The van der Waals surface area contributed by atoms with Gasteiger partial charge in [-0.05, 0) is 41.8 Å². The summed E-state index contributed by atoms with van der Waals surface area (Å²) in [6.07, 6.45) is 2.85. The minimum Gasteiger partial charge on any atom is -0.496 e. The predicted octanol–water partition coefficient (Wildman–Crippen LogP) is 3.44. The number of fused-ring (bicyclic) bond motifs is 1. The van der Waals surface area contributed by atoms with Crippen LogP contribution in [-0.2, 0) is 0 Å². The van der Waals surface area contributed by atoms with Crippen molar-refractivity contribution in [3.63, 3.8) is 0 Å². The van der Waals surface area contributed by atoms with E-state index in [1.165, 1.54) is 26.4 Å². The first-order chi connectivity index (χ1) is 12.1. The van der Waals surface area contributed by atoms with Crippen molar-refractivity contribution in [1.29, 1.82) is 0 Å². The van der Waals surface area contributed by atoms with Crippen LogP contribution in [0.5, 0.6) is 11.5 Å². The topological polar surface area (TPSA) is 68.4 Å². The molecule has 0 aliphatic rings. The molecule has 1 aromatic heterocycles. The van der Waals surface area contributed by atoms with Gasteiger partial charge in [-0.15, -0.1) is 0 Å². The van der Waals surface area contributed by atoms with Crippen molar-refractivity contribution in [2.45, 2.75) is 0 Å². The maximum absolute atomic E-state index is 12.6. The van der Waals surface area contributed by atoms with Crippen LogP contribution in [0.4, 0.5) is 0 Å². The van der Waals surface area contributed by atoms with Crippen molar-refractivity contribution in [2.24, 2.45) is 0 Å². The normalized spacial score (nSPS) is 11.0. The van der Waals surface area contributed by atoms with E-state index in [0.29, 0.717) is 22.6 Å². The molecule has 25 heavy (non-hydrogen) atoms. The number of carbonyl (C=O) groups excluding carboxylic acids is 1. The Bertz CT molecular complexity index is 995. The number of allylic oxidation sites excluding steroid dienone is 1. The molecule has 0 aliphatic heterocycles. The minimum absolute atomic E-state index is 0.255. The van der Waals surface area contributed by atoms with E-state index in [1.54, 1.807) is 24.3 Å². The standard InChI is InChI=1S/C20H17NO4/c1-24-17-8-5-9-18(25-2)19(17)16(22)11-10-14-12-13-6-3-4-7-15(13)21-20(14)23/h3-12H,1-2H3,(H,21,23)/b11-10+. The lowest BCUT2D eigenvalue weighted by atomic mass is 10.1. The Morgan fingerprint density at radius 3 is 2.36 bits per heavy atom. The van der Waals surface area contributed by atoms with Crippen molar-refractivity contribution in [2.75, 3.05) is 14.2 Å². The van der Waals surface area contributed by atoms with Gasteiger partial charge in [0.2, 0.25) is 0 Å². The molecule has 3 rings (SSSR count). The van der Waals surface area contributed by atoms with Crippen LogP contribution in [0.3, 0.4) is 0 Å². The number of ketones is 1. The highest BCUT2D eigenvalue weighted by Crippen LogP contribution is 2.29. The molecule has 1 heterocycles. The molecule has 5 heteroatoms. The Morgan fingerprint density at radius 1 is 1.00 bits per heavy atom. The molecule has 0 aliphatic carbocycles. The summed E-state index contributed by atoms with van der Waals surface area (Å²) < 4.78 is 10.5. The van der Waals surface area contributed by atoms with E-state index in [9.17, 15) is 9.59 Å². The van der Waals surface area contributed by atoms with E-state index in [4.69, 9.17) is 9.47 Å². The van der Waals surface area contributed by atoms with Gasteiger partial charge in [-0.3, -0.25) is 9.59 Å². The Labute approximate surface area is 144 Å². The van der Waals surface area contributed by atoms with E-state index in [0.717, 1.165) is 10.9 Å². The molecule has 1 N–H and O–H groups in total. The summed E-state index contributed by atoms with van der Waals surface area (Å²) in [5, 5.41) is 0.893. The zero-order valence-corrected chi connectivity index (χ0v) is 13.9. The zero-order chi connectivity index (χ0) is 17.8. The first-order valence-corrected chi connectivity index (χ1v) is 7.69. The maximum atomic E-state index is 12.6. The molecule has 0 spiro atoms. The SMILES string of the molecule is COc1cccc(OC)c1C(=O)/C=C/c1cc2ccccc2[nH]c1=O. The molecule has 126 valence electrons. The number of rotatable bonds is 5. The fourth-order valence-corrected chi connectivity index (χ4v) is 2.63. The van der Waals surface area contributed by atoms with Gasteiger partial charge in [0.05, 0.1) is 14.2 Å². The summed E-state index contributed by atoms with van der Waals surface area (Å²) in [4.78, 5) is 27.6. The summed E-state index contributed by atoms with van der Waals surface area (Å²) >= 11 is 0. The summed E-state index contributed by atoms with van der Waals surface area (Å²) in [6, 6.07) is 14.3. The number of H-pyrrole nitrogens is 1. The molecule has 0 fully saturated rings. The molecule has 2 aromatic carbocycles. The average Bonchev–Trinajstić information content (AvgIpc) is 2.65. The lowest BCUT2D eigenvalue weighted by Crippen LogP contribution is -2.09. The molecule has 5 nitrogen and oxygen atoms in total. The van der Waals surface area contributed by atoms with E-state index in [2.05, 4.69) is 4.98 Å². The largest absolute Gasteiger partial charge is 0.496 e. The zero-order valence-electron chi connectivity index (χ0n) is 13.9. The summed E-state index contributed by atoms with van der Waals surface area (Å²) in [7, 11) is 2.98. The number of carbonyl (C=O) groups is 1. The van der Waals surface area contributed by atoms with Crippen LogP contribution in [0, 0.1) is 0 Å². The van der Waals surface area contributed by atoms with Crippen LogP contribution in [0.25, 0.3) is 17.0 Å². The third kappa shape index (κ3) is 3.30. The number of nitrogens with one attached hydrogen (secondary N) is 1. The maximum Gasteiger partial charge on any atom is 0.255 e. The molecule has 0 radical (unpaired) electrons. The average molecular weight is 335 g/mol. The van der Waals surface area contributed by atoms with Crippen molar-refractivity contribution in [1.82, 2.24) is 4.98 Å². The smallest absolute Gasteiger partial charge is 0.255 e. The second kappa shape index (κ2) is 7.05. The van der Waals surface area contributed by atoms with Crippen LogP contribution in [0.1, 0.15) is 15.9 Å². The lowest BCUT2D eigenvalue weighted by Gasteiger charge is -2.10. The number of ether oxygens (including phenoxy) is 2. The van der Waals surface area contributed by atoms with Crippen LogP contribution >= 0.6 is 0 Å². The molecule has 0 unspecified atom stereocenters. The Morgan fingerprint density at radius 2 is 1.68 bits per heavy atom. The number of aromatic amines is 1. The van der Waals surface area contributed by atoms with Gasteiger partial charge in [-0.2, -0.15) is 0 Å². The van der Waals surface area contributed by atoms with Gasteiger partial charge in [0, 0.05) is 11.1 Å². The second-order valence-corrected chi connectivity index (χ2v) is 5.38. The summed E-state index contributed by atoms with van der Waals surface area (Å²) in [6.45, 7) is 0. The highest BCUT2D eigenvalue weighted by atomic mass is 16.5. The highest BCUT2D eigenvalue weighted by molar-refractivity contribution is 6.10. The number of aromatic nitrogens is 1.